The van der Waals surface area contributed by atoms with Crippen LogP contribution in [0, 0.1) is 0 Å². The molecule has 0 aromatic heterocycles. The smallest absolute Gasteiger partial charge is 0.191 e. The second kappa shape index (κ2) is 8.74. The van der Waals surface area contributed by atoms with Gasteiger partial charge in [-0.15, -0.1) is 0 Å². The molecule has 0 unspecified atom stereocenters. The van der Waals surface area contributed by atoms with E-state index in [1.54, 1.807) is 51.7 Å². The molecule has 132 valence electrons. The molecule has 0 atom stereocenters. The van der Waals surface area contributed by atoms with Crippen LogP contribution in [0.25, 0.3) is 0 Å². The van der Waals surface area contributed by atoms with Crippen LogP contribution in [-0.4, -0.2) is 37.8 Å². The molecule has 2 aromatic rings. The third-order valence-corrected chi connectivity index (χ3v) is 3.44. The SMILES string of the molecule is COc1ccc(O)c(/C=N/NC(=S)Nc2ccc(OC)c(OC)c2)c1. The van der Waals surface area contributed by atoms with E-state index in [1.807, 2.05) is 0 Å². The van der Waals surface area contributed by atoms with E-state index in [4.69, 9.17) is 26.4 Å². The number of aromatic hydroxyl groups is 1. The zero-order valence-corrected chi connectivity index (χ0v) is 14.9. The predicted octanol–water partition coefficient (Wildman–Crippen LogP) is 2.74. The number of hydrogen-bond donors (Lipinski definition) is 3. The summed E-state index contributed by atoms with van der Waals surface area (Å²) in [6.07, 6.45) is 1.44. The van der Waals surface area contributed by atoms with Crippen molar-refractivity contribution in [1.82, 2.24) is 5.43 Å². The van der Waals surface area contributed by atoms with Crippen molar-refractivity contribution in [2.45, 2.75) is 0 Å². The molecule has 0 aliphatic rings. The number of phenols is 1. The molecule has 25 heavy (non-hydrogen) atoms. The third kappa shape index (κ3) is 4.98. The molecular weight excluding hydrogens is 342 g/mol. The van der Waals surface area contributed by atoms with E-state index in [-0.39, 0.29) is 10.9 Å². The number of hydrazone groups is 1. The monoisotopic (exact) mass is 361 g/mol. The maximum Gasteiger partial charge on any atom is 0.191 e. The summed E-state index contributed by atoms with van der Waals surface area (Å²) in [4.78, 5) is 0. The van der Waals surface area contributed by atoms with Crippen LogP contribution in [0.2, 0.25) is 0 Å². The van der Waals surface area contributed by atoms with Crippen LogP contribution in [-0.2, 0) is 0 Å². The summed E-state index contributed by atoms with van der Waals surface area (Å²) < 4.78 is 15.5. The first-order chi connectivity index (χ1) is 12.1. The summed E-state index contributed by atoms with van der Waals surface area (Å²) >= 11 is 5.18. The summed E-state index contributed by atoms with van der Waals surface area (Å²) in [5, 5.41) is 17.0. The van der Waals surface area contributed by atoms with E-state index in [0.717, 1.165) is 5.69 Å². The fourth-order valence-corrected chi connectivity index (χ4v) is 2.17. The van der Waals surface area contributed by atoms with Crippen LogP contribution in [0.1, 0.15) is 5.56 Å². The Kier molecular flexibility index (Phi) is 6.41. The Morgan fingerprint density at radius 3 is 2.48 bits per heavy atom. The Morgan fingerprint density at radius 1 is 1.04 bits per heavy atom. The minimum atomic E-state index is 0.0881. The van der Waals surface area contributed by atoms with Crippen LogP contribution in [0.5, 0.6) is 23.0 Å². The van der Waals surface area contributed by atoms with Gasteiger partial charge in [-0.05, 0) is 42.5 Å². The van der Waals surface area contributed by atoms with E-state index in [1.165, 1.54) is 12.3 Å². The fourth-order valence-electron chi connectivity index (χ4n) is 2.00. The van der Waals surface area contributed by atoms with Crippen LogP contribution in [0.15, 0.2) is 41.5 Å². The van der Waals surface area contributed by atoms with Gasteiger partial charge in [-0.25, -0.2) is 0 Å². The molecule has 0 bridgehead atoms. The topological polar surface area (TPSA) is 84.3 Å². The normalized spacial score (nSPS) is 10.4. The van der Waals surface area contributed by atoms with Gasteiger partial charge < -0.3 is 24.6 Å². The van der Waals surface area contributed by atoms with Crippen LogP contribution >= 0.6 is 12.2 Å². The minimum absolute atomic E-state index is 0.0881. The molecule has 0 saturated carbocycles. The molecule has 0 amide bonds. The highest BCUT2D eigenvalue weighted by Gasteiger charge is 2.05. The van der Waals surface area contributed by atoms with Crippen LogP contribution in [0.4, 0.5) is 5.69 Å². The molecular formula is C17H19N3O4S. The first-order valence-corrected chi connectivity index (χ1v) is 7.67. The van der Waals surface area contributed by atoms with Crippen molar-refractivity contribution in [3.63, 3.8) is 0 Å². The Labute approximate surface area is 151 Å². The number of hydrogen-bond acceptors (Lipinski definition) is 6. The quantitative estimate of drug-likeness (QED) is 0.414. The van der Waals surface area contributed by atoms with Gasteiger partial charge in [-0.3, -0.25) is 5.43 Å². The van der Waals surface area contributed by atoms with Gasteiger partial charge in [0.25, 0.3) is 0 Å². The summed E-state index contributed by atoms with van der Waals surface area (Å²) in [7, 11) is 4.68. The molecule has 2 rings (SSSR count). The van der Waals surface area contributed by atoms with Gasteiger partial charge in [0.15, 0.2) is 16.6 Å². The lowest BCUT2D eigenvalue weighted by Crippen LogP contribution is -2.23. The van der Waals surface area contributed by atoms with E-state index >= 15 is 0 Å². The van der Waals surface area contributed by atoms with Crippen molar-refractivity contribution in [2.75, 3.05) is 26.6 Å². The molecule has 0 spiro atoms. The minimum Gasteiger partial charge on any atom is -0.507 e. The first kappa shape index (κ1) is 18.3. The largest absolute Gasteiger partial charge is 0.507 e. The Balaban J connectivity index is 1.99. The summed E-state index contributed by atoms with van der Waals surface area (Å²) in [5.41, 5.74) is 3.89. The molecule has 0 saturated heterocycles. The third-order valence-electron chi connectivity index (χ3n) is 3.25. The van der Waals surface area contributed by atoms with Gasteiger partial charge >= 0.3 is 0 Å². The fraction of sp³-hybridized carbons (Fsp3) is 0.176. The second-order valence-electron chi connectivity index (χ2n) is 4.82. The molecule has 2 aromatic carbocycles. The molecule has 0 radical (unpaired) electrons. The summed E-state index contributed by atoms with van der Waals surface area (Å²) in [6.45, 7) is 0. The predicted molar refractivity (Wildman–Crippen MR) is 101 cm³/mol. The molecule has 3 N–H and O–H groups in total. The summed E-state index contributed by atoms with van der Waals surface area (Å²) in [5.74, 6) is 1.91. The summed E-state index contributed by atoms with van der Waals surface area (Å²) in [6, 6.07) is 10.2. The van der Waals surface area contributed by atoms with Gasteiger partial charge in [0, 0.05) is 17.3 Å². The lowest BCUT2D eigenvalue weighted by molar-refractivity contribution is 0.355. The van der Waals surface area contributed by atoms with Gasteiger partial charge in [0.05, 0.1) is 27.5 Å². The van der Waals surface area contributed by atoms with E-state index in [0.29, 0.717) is 22.8 Å². The van der Waals surface area contributed by atoms with Crippen molar-refractivity contribution in [3.05, 3.63) is 42.0 Å². The number of nitrogens with one attached hydrogen (secondary N) is 2. The molecule has 0 aliphatic carbocycles. The van der Waals surface area contributed by atoms with Gasteiger partial charge in [-0.1, -0.05) is 0 Å². The Hall–Kier alpha value is -3.00. The van der Waals surface area contributed by atoms with Gasteiger partial charge in [0.1, 0.15) is 11.5 Å². The van der Waals surface area contributed by atoms with Gasteiger partial charge in [0.2, 0.25) is 0 Å². The molecule has 0 aliphatic heterocycles. The van der Waals surface area contributed by atoms with Crippen molar-refractivity contribution in [3.8, 4) is 23.0 Å². The highest BCUT2D eigenvalue weighted by atomic mass is 32.1. The highest BCUT2D eigenvalue weighted by Crippen LogP contribution is 2.29. The van der Waals surface area contributed by atoms with E-state index in [9.17, 15) is 5.11 Å². The number of benzene rings is 2. The van der Waals surface area contributed by atoms with Crippen molar-refractivity contribution >= 4 is 29.2 Å². The second-order valence-corrected chi connectivity index (χ2v) is 5.23. The number of phenolic OH excluding ortho intramolecular Hbond substituents is 1. The highest BCUT2D eigenvalue weighted by molar-refractivity contribution is 7.80. The number of thiocarbonyl (C=S) groups is 1. The average Bonchev–Trinajstić information content (AvgIpc) is 2.63. The molecule has 0 heterocycles. The first-order valence-electron chi connectivity index (χ1n) is 7.26. The lowest BCUT2D eigenvalue weighted by Gasteiger charge is -2.11. The maximum atomic E-state index is 9.79. The Morgan fingerprint density at radius 2 is 1.80 bits per heavy atom. The van der Waals surface area contributed by atoms with E-state index < -0.39 is 0 Å². The number of anilines is 1. The number of rotatable bonds is 6. The Bertz CT molecular complexity index is 780. The van der Waals surface area contributed by atoms with Crippen LogP contribution < -0.4 is 25.0 Å². The van der Waals surface area contributed by atoms with Crippen molar-refractivity contribution < 1.29 is 19.3 Å². The zero-order chi connectivity index (χ0) is 18.2. The average molecular weight is 361 g/mol. The molecule has 7 nitrogen and oxygen atoms in total. The standard InChI is InChI=1S/C17H19N3O4S/c1-22-13-5-6-14(21)11(8-13)10-18-20-17(25)19-12-4-7-15(23-2)16(9-12)24-3/h4-10,21H,1-3H3,(H2,19,20,25)/b18-10+. The van der Waals surface area contributed by atoms with Crippen molar-refractivity contribution in [1.29, 1.82) is 0 Å². The van der Waals surface area contributed by atoms with Gasteiger partial charge in [-0.2, -0.15) is 5.10 Å². The molecule has 0 fully saturated rings. The van der Waals surface area contributed by atoms with E-state index in [2.05, 4.69) is 15.8 Å². The van der Waals surface area contributed by atoms with Crippen LogP contribution in [0.3, 0.4) is 0 Å². The lowest BCUT2D eigenvalue weighted by atomic mass is 10.2. The number of nitrogens with zero attached hydrogens (tertiary/aromatic N) is 1. The maximum absolute atomic E-state index is 9.79. The number of ether oxygens (including phenoxy) is 3. The number of methoxy groups -OCH3 is 3. The molecule has 8 heteroatoms. The van der Waals surface area contributed by atoms with Crippen molar-refractivity contribution in [2.24, 2.45) is 5.10 Å². The zero-order valence-electron chi connectivity index (χ0n) is 14.1.